The number of nitrogens with two attached hydrogens (primary N) is 1. The second-order valence-corrected chi connectivity index (χ2v) is 8.02. The summed E-state index contributed by atoms with van der Waals surface area (Å²) in [6, 6.07) is 3.75. The molecule has 1 aromatic carbocycles. The summed E-state index contributed by atoms with van der Waals surface area (Å²) in [6.45, 7) is 0.814. The van der Waals surface area contributed by atoms with Gasteiger partial charge in [-0.15, -0.1) is 0 Å². The van der Waals surface area contributed by atoms with Crippen molar-refractivity contribution in [1.82, 2.24) is 4.31 Å². The molecule has 8 nitrogen and oxygen atoms in total. The quantitative estimate of drug-likeness (QED) is 0.644. The first-order chi connectivity index (χ1) is 10.8. The molecule has 0 radical (unpaired) electrons. The first-order valence-corrected chi connectivity index (χ1v) is 8.86. The molecule has 2 fully saturated rings. The standard InChI is InChI=1S/C14H19N3O5S/c1-22-14-5-3-10(6-13(14)17(18)19)23(20,21)16-7-9-2-4-12(15)11(9)8-16/h3,5-6,9,11-12H,2,4,7-8,15H2,1H3. The number of hydrogen-bond acceptors (Lipinski definition) is 6. The summed E-state index contributed by atoms with van der Waals surface area (Å²) in [6.07, 6.45) is 1.86. The molecule has 1 aliphatic heterocycles. The van der Waals surface area contributed by atoms with Crippen molar-refractivity contribution in [3.63, 3.8) is 0 Å². The van der Waals surface area contributed by atoms with Gasteiger partial charge in [-0.3, -0.25) is 10.1 Å². The molecule has 1 saturated heterocycles. The fraction of sp³-hybridized carbons (Fsp3) is 0.571. The number of fused-ring (bicyclic) bond motifs is 1. The van der Waals surface area contributed by atoms with Gasteiger partial charge >= 0.3 is 5.69 Å². The number of methoxy groups -OCH3 is 1. The molecule has 1 aromatic rings. The van der Waals surface area contributed by atoms with Crippen molar-refractivity contribution in [3.05, 3.63) is 28.3 Å². The van der Waals surface area contributed by atoms with Gasteiger partial charge in [0.05, 0.1) is 16.9 Å². The van der Waals surface area contributed by atoms with E-state index in [0.29, 0.717) is 13.1 Å². The Hall–Kier alpha value is -1.71. The highest BCUT2D eigenvalue weighted by Crippen LogP contribution is 2.40. The Kier molecular flexibility index (Phi) is 4.03. The summed E-state index contributed by atoms with van der Waals surface area (Å²) in [5, 5.41) is 11.1. The van der Waals surface area contributed by atoms with Crippen LogP contribution in [0.3, 0.4) is 0 Å². The summed E-state index contributed by atoms with van der Waals surface area (Å²) in [5.74, 6) is 0.500. The van der Waals surface area contributed by atoms with Crippen LogP contribution in [-0.2, 0) is 10.0 Å². The molecule has 0 spiro atoms. The molecule has 9 heteroatoms. The van der Waals surface area contributed by atoms with Crippen molar-refractivity contribution in [3.8, 4) is 5.75 Å². The number of benzene rings is 1. The molecule has 1 aliphatic carbocycles. The van der Waals surface area contributed by atoms with Crippen molar-refractivity contribution in [2.45, 2.75) is 23.8 Å². The van der Waals surface area contributed by atoms with E-state index < -0.39 is 14.9 Å². The number of sulfonamides is 1. The average Bonchev–Trinajstić information content (AvgIpc) is 3.09. The Balaban J connectivity index is 1.92. The SMILES string of the molecule is COc1ccc(S(=O)(=O)N2CC3CCC(N)C3C2)cc1[N+](=O)[O-]. The van der Waals surface area contributed by atoms with E-state index in [4.69, 9.17) is 10.5 Å². The van der Waals surface area contributed by atoms with Crippen molar-refractivity contribution in [2.75, 3.05) is 20.2 Å². The maximum atomic E-state index is 12.8. The first-order valence-electron chi connectivity index (χ1n) is 7.42. The highest BCUT2D eigenvalue weighted by atomic mass is 32.2. The molecule has 3 rings (SSSR count). The summed E-state index contributed by atoms with van der Waals surface area (Å²) in [5.41, 5.74) is 5.68. The molecule has 2 aliphatic rings. The van der Waals surface area contributed by atoms with Crippen LogP contribution >= 0.6 is 0 Å². The Labute approximate surface area is 134 Å². The third-order valence-corrected chi connectivity index (χ3v) is 6.69. The van der Waals surface area contributed by atoms with Gasteiger partial charge in [0, 0.05) is 25.2 Å². The normalized spacial score (nSPS) is 27.8. The van der Waals surface area contributed by atoms with Crippen LogP contribution in [0.5, 0.6) is 5.75 Å². The zero-order chi connectivity index (χ0) is 16.8. The lowest BCUT2D eigenvalue weighted by Crippen LogP contribution is -2.33. The third-order valence-electron chi connectivity index (χ3n) is 4.86. The largest absolute Gasteiger partial charge is 0.490 e. The molecule has 23 heavy (non-hydrogen) atoms. The minimum Gasteiger partial charge on any atom is -0.490 e. The molecular formula is C14H19N3O5S. The van der Waals surface area contributed by atoms with Crippen LogP contribution in [0, 0.1) is 22.0 Å². The maximum absolute atomic E-state index is 12.8. The van der Waals surface area contributed by atoms with Crippen LogP contribution in [0.25, 0.3) is 0 Å². The fourth-order valence-corrected chi connectivity index (χ4v) is 5.14. The number of ether oxygens (including phenoxy) is 1. The predicted molar refractivity (Wildman–Crippen MR) is 82.6 cm³/mol. The van der Waals surface area contributed by atoms with E-state index in [2.05, 4.69) is 0 Å². The molecule has 1 heterocycles. The number of nitro benzene ring substituents is 1. The lowest BCUT2D eigenvalue weighted by Gasteiger charge is -2.18. The number of hydrogen-bond donors (Lipinski definition) is 1. The molecule has 0 aromatic heterocycles. The highest BCUT2D eigenvalue weighted by molar-refractivity contribution is 7.89. The highest BCUT2D eigenvalue weighted by Gasteiger charge is 2.45. The van der Waals surface area contributed by atoms with Gasteiger partial charge in [0.2, 0.25) is 10.0 Å². The topological polar surface area (TPSA) is 116 Å². The van der Waals surface area contributed by atoms with Crippen LogP contribution in [0.2, 0.25) is 0 Å². The summed E-state index contributed by atoms with van der Waals surface area (Å²) >= 11 is 0. The molecule has 3 unspecified atom stereocenters. The lowest BCUT2D eigenvalue weighted by molar-refractivity contribution is -0.386. The van der Waals surface area contributed by atoms with Crippen molar-refractivity contribution < 1.29 is 18.1 Å². The van der Waals surface area contributed by atoms with Crippen LogP contribution in [-0.4, -0.2) is 43.9 Å². The van der Waals surface area contributed by atoms with Gasteiger partial charge in [0.1, 0.15) is 0 Å². The lowest BCUT2D eigenvalue weighted by atomic mass is 9.98. The maximum Gasteiger partial charge on any atom is 0.312 e. The van der Waals surface area contributed by atoms with Gasteiger partial charge in [-0.2, -0.15) is 4.31 Å². The van der Waals surface area contributed by atoms with E-state index in [1.165, 1.54) is 23.5 Å². The van der Waals surface area contributed by atoms with Gasteiger partial charge < -0.3 is 10.5 Å². The second-order valence-electron chi connectivity index (χ2n) is 6.08. The van der Waals surface area contributed by atoms with Gasteiger partial charge in [0.15, 0.2) is 5.75 Å². The molecule has 0 amide bonds. The molecule has 0 bridgehead atoms. The Morgan fingerprint density at radius 1 is 1.35 bits per heavy atom. The van der Waals surface area contributed by atoms with Crippen LogP contribution in [0.15, 0.2) is 23.1 Å². The minimum absolute atomic E-state index is 0.0328. The summed E-state index contributed by atoms with van der Waals surface area (Å²) in [7, 11) is -2.46. The van der Waals surface area contributed by atoms with Crippen molar-refractivity contribution >= 4 is 15.7 Å². The molecule has 2 N–H and O–H groups in total. The summed E-state index contributed by atoms with van der Waals surface area (Å²) < 4.78 is 31.8. The molecule has 126 valence electrons. The van der Waals surface area contributed by atoms with E-state index in [1.807, 2.05) is 0 Å². The van der Waals surface area contributed by atoms with Crippen LogP contribution in [0.1, 0.15) is 12.8 Å². The van der Waals surface area contributed by atoms with E-state index in [9.17, 15) is 18.5 Å². The van der Waals surface area contributed by atoms with E-state index in [-0.39, 0.29) is 34.2 Å². The smallest absolute Gasteiger partial charge is 0.312 e. The second kappa shape index (κ2) is 5.73. The molecular weight excluding hydrogens is 322 g/mol. The van der Waals surface area contributed by atoms with Gasteiger partial charge in [0.25, 0.3) is 0 Å². The van der Waals surface area contributed by atoms with Crippen molar-refractivity contribution in [2.24, 2.45) is 17.6 Å². The van der Waals surface area contributed by atoms with Gasteiger partial charge in [-0.1, -0.05) is 0 Å². The third kappa shape index (κ3) is 2.68. The number of nitro groups is 1. The van der Waals surface area contributed by atoms with E-state index in [0.717, 1.165) is 18.9 Å². The van der Waals surface area contributed by atoms with Crippen molar-refractivity contribution in [1.29, 1.82) is 0 Å². The Bertz CT molecular complexity index is 736. The first kappa shape index (κ1) is 16.2. The minimum atomic E-state index is -3.77. The average molecular weight is 341 g/mol. The fourth-order valence-electron chi connectivity index (χ4n) is 3.58. The Morgan fingerprint density at radius 2 is 2.09 bits per heavy atom. The Morgan fingerprint density at radius 3 is 2.70 bits per heavy atom. The van der Waals surface area contributed by atoms with Crippen LogP contribution in [0.4, 0.5) is 5.69 Å². The number of rotatable bonds is 4. The molecule has 3 atom stereocenters. The van der Waals surface area contributed by atoms with Gasteiger partial charge in [-0.05, 0) is 36.8 Å². The monoisotopic (exact) mass is 341 g/mol. The predicted octanol–water partition coefficient (Wildman–Crippen LogP) is 0.961. The summed E-state index contributed by atoms with van der Waals surface area (Å²) in [4.78, 5) is 10.4. The van der Waals surface area contributed by atoms with E-state index in [1.54, 1.807) is 0 Å². The van der Waals surface area contributed by atoms with Gasteiger partial charge in [-0.25, -0.2) is 8.42 Å². The van der Waals surface area contributed by atoms with Crippen LogP contribution < -0.4 is 10.5 Å². The zero-order valence-corrected chi connectivity index (χ0v) is 13.5. The molecule has 1 saturated carbocycles. The van der Waals surface area contributed by atoms with E-state index >= 15 is 0 Å². The number of nitrogens with zero attached hydrogens (tertiary/aromatic N) is 2. The zero-order valence-electron chi connectivity index (χ0n) is 12.7.